The highest BCUT2D eigenvalue weighted by Gasteiger charge is 2.28. The SMILES string of the molecule is CC(=O)N(CCN(c1ccc(F)cc1)c1cccc(Br)c1)C(=O)OC(C)OC(=O)[C@@H]1CCCN1. The average Bonchev–Trinajstić information content (AvgIpc) is 3.32. The Hall–Kier alpha value is -2.98. The van der Waals surface area contributed by atoms with E-state index in [4.69, 9.17) is 9.47 Å². The van der Waals surface area contributed by atoms with E-state index in [1.807, 2.05) is 29.2 Å². The largest absolute Gasteiger partial charge is 0.424 e. The fourth-order valence-electron chi connectivity index (χ4n) is 3.61. The molecule has 2 atom stereocenters. The Kier molecular flexibility index (Phi) is 9.00. The fourth-order valence-corrected chi connectivity index (χ4v) is 4.00. The van der Waals surface area contributed by atoms with Crippen LogP contribution in [0.3, 0.4) is 0 Å². The van der Waals surface area contributed by atoms with E-state index < -0.39 is 30.3 Å². The van der Waals surface area contributed by atoms with Gasteiger partial charge in [0.1, 0.15) is 11.9 Å². The number of hydrogen-bond donors (Lipinski definition) is 1. The number of amides is 2. The zero-order valence-corrected chi connectivity index (χ0v) is 20.6. The number of nitrogens with zero attached hydrogens (tertiary/aromatic N) is 2. The molecule has 1 aliphatic heterocycles. The summed E-state index contributed by atoms with van der Waals surface area (Å²) in [6.45, 7) is 3.62. The van der Waals surface area contributed by atoms with Crippen molar-refractivity contribution in [2.45, 2.75) is 39.0 Å². The standard InChI is InChI=1S/C24H27BrFN3O5/c1-16(30)28(24(32)34-17(2)33-23(31)22-7-4-12-27-22)13-14-29(20-10-8-19(26)9-11-20)21-6-3-5-18(25)15-21/h3,5-6,8-11,15,17,22,27H,4,7,12-14H2,1-2H3/t17?,22-/m0/s1. The zero-order chi connectivity index (χ0) is 24.7. The van der Waals surface area contributed by atoms with Gasteiger partial charge in [0.15, 0.2) is 0 Å². The lowest BCUT2D eigenvalue weighted by atomic mass is 10.2. The number of anilines is 2. The minimum Gasteiger partial charge on any atom is -0.424 e. The minimum atomic E-state index is -1.15. The highest BCUT2D eigenvalue weighted by molar-refractivity contribution is 9.10. The molecular weight excluding hydrogens is 509 g/mol. The molecule has 1 N–H and O–H groups in total. The Morgan fingerprint density at radius 1 is 1.12 bits per heavy atom. The number of halogens is 2. The van der Waals surface area contributed by atoms with E-state index in [0.717, 1.165) is 28.0 Å². The van der Waals surface area contributed by atoms with Crippen molar-refractivity contribution in [2.24, 2.45) is 0 Å². The van der Waals surface area contributed by atoms with Crippen LogP contribution in [0.4, 0.5) is 20.6 Å². The van der Waals surface area contributed by atoms with E-state index in [1.54, 1.807) is 12.1 Å². The van der Waals surface area contributed by atoms with E-state index in [2.05, 4.69) is 21.2 Å². The van der Waals surface area contributed by atoms with Crippen LogP contribution in [-0.4, -0.2) is 54.8 Å². The summed E-state index contributed by atoms with van der Waals surface area (Å²) in [6.07, 6.45) is -0.536. The van der Waals surface area contributed by atoms with Gasteiger partial charge >= 0.3 is 12.1 Å². The topological polar surface area (TPSA) is 88.2 Å². The number of benzene rings is 2. The molecule has 182 valence electrons. The molecule has 0 aliphatic carbocycles. The first-order chi connectivity index (χ1) is 16.2. The van der Waals surface area contributed by atoms with Crippen molar-refractivity contribution >= 4 is 45.3 Å². The van der Waals surface area contributed by atoms with Crippen LogP contribution in [0.2, 0.25) is 0 Å². The van der Waals surface area contributed by atoms with Crippen LogP contribution in [-0.2, 0) is 19.1 Å². The second kappa shape index (κ2) is 11.9. The van der Waals surface area contributed by atoms with Gasteiger partial charge in [0.25, 0.3) is 0 Å². The molecule has 3 rings (SSSR count). The molecule has 0 bridgehead atoms. The molecule has 2 amide bonds. The van der Waals surface area contributed by atoms with E-state index in [9.17, 15) is 18.8 Å². The summed E-state index contributed by atoms with van der Waals surface area (Å²) in [5.74, 6) is -1.39. The Morgan fingerprint density at radius 3 is 2.47 bits per heavy atom. The van der Waals surface area contributed by atoms with Crippen LogP contribution in [0.25, 0.3) is 0 Å². The number of carbonyl (C=O) groups excluding carboxylic acids is 3. The number of rotatable bonds is 8. The molecule has 0 saturated carbocycles. The van der Waals surface area contributed by atoms with Crippen molar-refractivity contribution in [3.05, 3.63) is 58.8 Å². The maximum Gasteiger partial charge on any atom is 0.419 e. The zero-order valence-electron chi connectivity index (χ0n) is 19.0. The first-order valence-corrected chi connectivity index (χ1v) is 11.7. The van der Waals surface area contributed by atoms with Crippen molar-refractivity contribution in [3.8, 4) is 0 Å². The van der Waals surface area contributed by atoms with Crippen LogP contribution >= 0.6 is 15.9 Å². The summed E-state index contributed by atoms with van der Waals surface area (Å²) < 4.78 is 24.7. The lowest BCUT2D eigenvalue weighted by molar-refractivity contribution is -0.168. The monoisotopic (exact) mass is 535 g/mol. The molecular formula is C24H27BrFN3O5. The van der Waals surface area contributed by atoms with E-state index in [0.29, 0.717) is 12.1 Å². The highest BCUT2D eigenvalue weighted by atomic mass is 79.9. The Labute approximate surface area is 206 Å². The summed E-state index contributed by atoms with van der Waals surface area (Å²) >= 11 is 3.44. The van der Waals surface area contributed by atoms with Crippen molar-refractivity contribution in [2.75, 3.05) is 24.5 Å². The van der Waals surface area contributed by atoms with Gasteiger partial charge in [0, 0.05) is 42.8 Å². The van der Waals surface area contributed by atoms with Crippen LogP contribution in [0, 0.1) is 5.82 Å². The van der Waals surface area contributed by atoms with Crippen LogP contribution in [0.15, 0.2) is 53.0 Å². The summed E-state index contributed by atoms with van der Waals surface area (Å²) in [5, 5.41) is 3.02. The maximum atomic E-state index is 13.5. The predicted molar refractivity (Wildman–Crippen MR) is 128 cm³/mol. The normalized spacial score (nSPS) is 15.9. The van der Waals surface area contributed by atoms with Gasteiger partial charge in [-0.3, -0.25) is 9.59 Å². The van der Waals surface area contributed by atoms with Gasteiger partial charge in [0.2, 0.25) is 12.2 Å². The molecule has 1 saturated heterocycles. The molecule has 0 aromatic heterocycles. The third-order valence-electron chi connectivity index (χ3n) is 5.30. The third kappa shape index (κ3) is 7.01. The summed E-state index contributed by atoms with van der Waals surface area (Å²) in [7, 11) is 0. The number of hydrogen-bond acceptors (Lipinski definition) is 7. The second-order valence-electron chi connectivity index (χ2n) is 7.82. The molecule has 1 unspecified atom stereocenters. The molecule has 1 heterocycles. The molecule has 8 nitrogen and oxygen atoms in total. The predicted octanol–water partition coefficient (Wildman–Crippen LogP) is 4.35. The van der Waals surface area contributed by atoms with Crippen molar-refractivity contribution in [1.29, 1.82) is 0 Å². The van der Waals surface area contributed by atoms with Gasteiger partial charge in [-0.1, -0.05) is 22.0 Å². The Balaban J connectivity index is 1.68. The molecule has 0 spiro atoms. The molecule has 34 heavy (non-hydrogen) atoms. The van der Waals surface area contributed by atoms with Gasteiger partial charge in [-0.25, -0.2) is 14.1 Å². The Morgan fingerprint density at radius 2 is 1.85 bits per heavy atom. The lowest BCUT2D eigenvalue weighted by Crippen LogP contribution is -2.43. The van der Waals surface area contributed by atoms with Gasteiger partial charge < -0.3 is 19.7 Å². The summed E-state index contributed by atoms with van der Waals surface area (Å²) in [6, 6.07) is 13.0. The summed E-state index contributed by atoms with van der Waals surface area (Å²) in [5.41, 5.74) is 1.46. The Bertz CT molecular complexity index is 1010. The molecule has 1 fully saturated rings. The number of esters is 1. The van der Waals surface area contributed by atoms with E-state index in [-0.39, 0.29) is 18.9 Å². The van der Waals surface area contributed by atoms with E-state index in [1.165, 1.54) is 26.0 Å². The van der Waals surface area contributed by atoms with Crippen molar-refractivity contribution < 1.29 is 28.2 Å². The van der Waals surface area contributed by atoms with Gasteiger partial charge in [-0.05, 0) is 61.9 Å². The van der Waals surface area contributed by atoms with Crippen molar-refractivity contribution in [3.63, 3.8) is 0 Å². The van der Waals surface area contributed by atoms with Gasteiger partial charge in [-0.2, -0.15) is 0 Å². The number of nitrogens with one attached hydrogen (secondary N) is 1. The number of ether oxygens (including phenoxy) is 2. The minimum absolute atomic E-state index is 0.0110. The van der Waals surface area contributed by atoms with Gasteiger partial charge in [0.05, 0.1) is 0 Å². The molecule has 1 aliphatic rings. The third-order valence-corrected chi connectivity index (χ3v) is 5.79. The van der Waals surface area contributed by atoms with E-state index >= 15 is 0 Å². The lowest BCUT2D eigenvalue weighted by Gasteiger charge is -2.28. The highest BCUT2D eigenvalue weighted by Crippen LogP contribution is 2.28. The van der Waals surface area contributed by atoms with Crippen LogP contribution in [0.1, 0.15) is 26.7 Å². The number of imide groups is 1. The fraction of sp³-hybridized carbons (Fsp3) is 0.375. The smallest absolute Gasteiger partial charge is 0.419 e. The quantitative estimate of drug-likeness (QED) is 0.397. The number of carbonyl (C=O) groups is 3. The molecule has 2 aromatic rings. The van der Waals surface area contributed by atoms with Crippen LogP contribution in [0.5, 0.6) is 0 Å². The average molecular weight is 536 g/mol. The van der Waals surface area contributed by atoms with Crippen LogP contribution < -0.4 is 10.2 Å². The van der Waals surface area contributed by atoms with Gasteiger partial charge in [-0.15, -0.1) is 0 Å². The molecule has 2 aromatic carbocycles. The van der Waals surface area contributed by atoms with Crippen molar-refractivity contribution in [1.82, 2.24) is 10.2 Å². The first-order valence-electron chi connectivity index (χ1n) is 11.0. The first kappa shape index (κ1) is 25.6. The second-order valence-corrected chi connectivity index (χ2v) is 8.73. The maximum absolute atomic E-state index is 13.5. The summed E-state index contributed by atoms with van der Waals surface area (Å²) in [4.78, 5) is 39.8. The molecule has 0 radical (unpaired) electrons. The molecule has 10 heteroatoms.